The van der Waals surface area contributed by atoms with Crippen molar-refractivity contribution in [2.24, 2.45) is 5.73 Å². The van der Waals surface area contributed by atoms with E-state index in [-0.39, 0.29) is 12.2 Å². The molecule has 110 valence electrons. The predicted octanol–water partition coefficient (Wildman–Crippen LogP) is 2.42. The Hall–Kier alpha value is -2.08. The van der Waals surface area contributed by atoms with E-state index in [4.69, 9.17) is 10.2 Å². The van der Waals surface area contributed by atoms with Crippen molar-refractivity contribution in [3.05, 3.63) is 62.1 Å². The maximum absolute atomic E-state index is 11.7. The minimum Gasteiger partial charge on any atom is -0.502 e. The van der Waals surface area contributed by atoms with Crippen LogP contribution in [0.1, 0.15) is 29.4 Å². The zero-order valence-corrected chi connectivity index (χ0v) is 12.9. The van der Waals surface area contributed by atoms with Gasteiger partial charge in [-0.25, -0.2) is 0 Å². The molecule has 2 aromatic rings. The molecule has 0 aliphatic heterocycles. The van der Waals surface area contributed by atoms with Gasteiger partial charge < -0.3 is 15.3 Å². The minimum atomic E-state index is -0.608. The van der Waals surface area contributed by atoms with Gasteiger partial charge in [0, 0.05) is 17.0 Å². The van der Waals surface area contributed by atoms with Crippen molar-refractivity contribution in [1.82, 2.24) is 0 Å². The molecule has 5 nitrogen and oxygen atoms in total. The molecule has 1 heterocycles. The highest BCUT2D eigenvalue weighted by atomic mass is 79.9. The number of halogens is 1. The maximum Gasteiger partial charge on any atom is 0.227 e. The minimum absolute atomic E-state index is 0.0566. The SMILES string of the molecule is Cc1cc(=O)c(O)c(C(CC(N)=O)c2ccc(Br)cc2)o1. The Kier molecular flexibility index (Phi) is 4.47. The Morgan fingerprint density at radius 3 is 2.57 bits per heavy atom. The Bertz CT molecular complexity index is 721. The van der Waals surface area contributed by atoms with Crippen LogP contribution in [0, 0.1) is 6.92 Å². The monoisotopic (exact) mass is 351 g/mol. The Balaban J connectivity index is 2.58. The molecule has 0 radical (unpaired) electrons. The fraction of sp³-hybridized carbons (Fsp3) is 0.200. The van der Waals surface area contributed by atoms with Gasteiger partial charge in [0.15, 0.2) is 5.76 Å². The smallest absolute Gasteiger partial charge is 0.227 e. The Morgan fingerprint density at radius 1 is 1.38 bits per heavy atom. The van der Waals surface area contributed by atoms with Crippen LogP contribution in [0.15, 0.2) is 44.0 Å². The molecule has 3 N–H and O–H groups in total. The van der Waals surface area contributed by atoms with Crippen LogP contribution >= 0.6 is 15.9 Å². The van der Waals surface area contributed by atoms with Gasteiger partial charge in [0.25, 0.3) is 0 Å². The van der Waals surface area contributed by atoms with Gasteiger partial charge >= 0.3 is 0 Å². The third-order valence-electron chi connectivity index (χ3n) is 3.07. The summed E-state index contributed by atoms with van der Waals surface area (Å²) in [5.74, 6) is -1.23. The second-order valence-corrected chi connectivity index (χ2v) is 5.62. The molecule has 0 saturated heterocycles. The summed E-state index contributed by atoms with van der Waals surface area (Å²) < 4.78 is 6.34. The van der Waals surface area contributed by atoms with E-state index in [1.807, 2.05) is 0 Å². The van der Waals surface area contributed by atoms with E-state index in [1.54, 1.807) is 31.2 Å². The van der Waals surface area contributed by atoms with Gasteiger partial charge in [-0.05, 0) is 24.6 Å². The molecule has 0 bridgehead atoms. The number of aromatic hydroxyl groups is 1. The second kappa shape index (κ2) is 6.13. The van der Waals surface area contributed by atoms with Crippen LogP contribution in [0.25, 0.3) is 0 Å². The molecular formula is C15H14BrNO4. The van der Waals surface area contributed by atoms with E-state index < -0.39 is 23.0 Å². The normalized spacial score (nSPS) is 12.1. The average molecular weight is 352 g/mol. The molecular weight excluding hydrogens is 338 g/mol. The molecule has 1 aromatic carbocycles. The molecule has 0 saturated carbocycles. The van der Waals surface area contributed by atoms with Crippen molar-refractivity contribution >= 4 is 21.8 Å². The second-order valence-electron chi connectivity index (χ2n) is 4.71. The lowest BCUT2D eigenvalue weighted by atomic mass is 9.92. The largest absolute Gasteiger partial charge is 0.502 e. The molecule has 6 heteroatoms. The topological polar surface area (TPSA) is 93.5 Å². The lowest BCUT2D eigenvalue weighted by Gasteiger charge is -2.16. The van der Waals surface area contributed by atoms with E-state index in [2.05, 4.69) is 15.9 Å². The van der Waals surface area contributed by atoms with Crippen molar-refractivity contribution in [1.29, 1.82) is 0 Å². The highest BCUT2D eigenvalue weighted by Gasteiger charge is 2.24. The third kappa shape index (κ3) is 3.52. The van der Waals surface area contributed by atoms with Gasteiger partial charge in [-0.15, -0.1) is 0 Å². The van der Waals surface area contributed by atoms with Crippen LogP contribution in [0.2, 0.25) is 0 Å². The predicted molar refractivity (Wildman–Crippen MR) is 81.2 cm³/mol. The fourth-order valence-corrected chi connectivity index (χ4v) is 2.38. The van der Waals surface area contributed by atoms with Crippen molar-refractivity contribution in [3.8, 4) is 5.75 Å². The summed E-state index contributed by atoms with van der Waals surface area (Å²) in [6.45, 7) is 1.60. The van der Waals surface area contributed by atoms with E-state index in [0.717, 1.165) is 10.0 Å². The van der Waals surface area contributed by atoms with E-state index in [9.17, 15) is 14.7 Å². The molecule has 1 aromatic heterocycles. The zero-order chi connectivity index (χ0) is 15.6. The summed E-state index contributed by atoms with van der Waals surface area (Å²) >= 11 is 3.32. The molecule has 0 fully saturated rings. The molecule has 0 aliphatic carbocycles. The summed E-state index contributed by atoms with van der Waals surface area (Å²) in [7, 11) is 0. The number of rotatable bonds is 4. The molecule has 1 unspecified atom stereocenters. The number of primary amides is 1. The van der Waals surface area contributed by atoms with Crippen molar-refractivity contribution < 1.29 is 14.3 Å². The molecule has 0 aliphatic rings. The first-order chi connectivity index (χ1) is 9.88. The van der Waals surface area contributed by atoms with Crippen molar-refractivity contribution in [2.75, 3.05) is 0 Å². The summed E-state index contributed by atoms with van der Waals surface area (Å²) in [6, 6.07) is 8.35. The number of carbonyl (C=O) groups is 1. The molecule has 21 heavy (non-hydrogen) atoms. The first-order valence-corrected chi connectivity index (χ1v) is 7.05. The molecule has 1 atom stereocenters. The van der Waals surface area contributed by atoms with Crippen molar-refractivity contribution in [3.63, 3.8) is 0 Å². The maximum atomic E-state index is 11.7. The van der Waals surface area contributed by atoms with Gasteiger partial charge in [0.05, 0.1) is 5.92 Å². The van der Waals surface area contributed by atoms with Gasteiger partial charge in [-0.1, -0.05) is 28.1 Å². The van der Waals surface area contributed by atoms with Crippen LogP contribution in [0.3, 0.4) is 0 Å². The number of nitrogens with two attached hydrogens (primary N) is 1. The van der Waals surface area contributed by atoms with Crippen molar-refractivity contribution in [2.45, 2.75) is 19.3 Å². The first-order valence-electron chi connectivity index (χ1n) is 6.26. The van der Waals surface area contributed by atoms with E-state index in [0.29, 0.717) is 5.76 Å². The highest BCUT2D eigenvalue weighted by Crippen LogP contribution is 2.33. The first kappa shape index (κ1) is 15.3. The number of hydrogen-bond acceptors (Lipinski definition) is 4. The fourth-order valence-electron chi connectivity index (χ4n) is 2.12. The summed E-state index contributed by atoms with van der Waals surface area (Å²) in [5, 5.41) is 9.95. The lowest BCUT2D eigenvalue weighted by Crippen LogP contribution is -2.17. The quantitative estimate of drug-likeness (QED) is 0.884. The number of carbonyl (C=O) groups excluding carboxylic acids is 1. The molecule has 0 spiro atoms. The Morgan fingerprint density at radius 2 is 2.00 bits per heavy atom. The summed E-state index contributed by atoms with van der Waals surface area (Å²) in [5.41, 5.74) is 5.46. The summed E-state index contributed by atoms with van der Waals surface area (Å²) in [4.78, 5) is 23.0. The number of amides is 1. The highest BCUT2D eigenvalue weighted by molar-refractivity contribution is 9.10. The lowest BCUT2D eigenvalue weighted by molar-refractivity contribution is -0.118. The number of aryl methyl sites for hydroxylation is 1. The van der Waals surface area contributed by atoms with Gasteiger partial charge in [0.1, 0.15) is 5.76 Å². The van der Waals surface area contributed by atoms with Crippen LogP contribution in [0.4, 0.5) is 0 Å². The average Bonchev–Trinajstić information content (AvgIpc) is 2.41. The standard InChI is InChI=1S/C15H14BrNO4/c1-8-6-12(18)14(20)15(21-8)11(7-13(17)19)9-2-4-10(16)5-3-9/h2-6,11,20H,7H2,1H3,(H2,17,19). The van der Waals surface area contributed by atoms with Gasteiger partial charge in [-0.2, -0.15) is 0 Å². The van der Waals surface area contributed by atoms with Crippen LogP contribution in [-0.2, 0) is 4.79 Å². The number of hydrogen-bond donors (Lipinski definition) is 2. The van der Waals surface area contributed by atoms with Gasteiger partial charge in [-0.3, -0.25) is 9.59 Å². The van der Waals surface area contributed by atoms with Gasteiger partial charge in [0.2, 0.25) is 17.1 Å². The van der Waals surface area contributed by atoms with Crippen LogP contribution in [0.5, 0.6) is 5.75 Å². The van der Waals surface area contributed by atoms with E-state index in [1.165, 1.54) is 6.07 Å². The Labute approximate surface area is 129 Å². The van der Waals surface area contributed by atoms with Crippen LogP contribution in [-0.4, -0.2) is 11.0 Å². The van der Waals surface area contributed by atoms with Crippen LogP contribution < -0.4 is 11.2 Å². The zero-order valence-electron chi connectivity index (χ0n) is 11.3. The molecule has 2 rings (SSSR count). The summed E-state index contributed by atoms with van der Waals surface area (Å²) in [6.07, 6.45) is -0.0679. The van der Waals surface area contributed by atoms with E-state index >= 15 is 0 Å². The molecule has 1 amide bonds. The number of benzene rings is 1. The third-order valence-corrected chi connectivity index (χ3v) is 3.59.